The lowest BCUT2D eigenvalue weighted by atomic mass is 10.4. The van der Waals surface area contributed by atoms with E-state index < -0.39 is 10.0 Å². The predicted octanol–water partition coefficient (Wildman–Crippen LogP) is 0.612. The van der Waals surface area contributed by atoms with Crippen LogP contribution in [-0.4, -0.2) is 29.7 Å². The van der Waals surface area contributed by atoms with Gasteiger partial charge >= 0.3 is 0 Å². The third kappa shape index (κ3) is 3.92. The summed E-state index contributed by atoms with van der Waals surface area (Å²) in [6, 6.07) is 3.60. The number of hydrogen-bond acceptors (Lipinski definition) is 5. The van der Waals surface area contributed by atoms with Crippen molar-refractivity contribution in [2.24, 2.45) is 7.05 Å². The van der Waals surface area contributed by atoms with E-state index in [4.69, 9.17) is 5.11 Å². The molecule has 2 N–H and O–H groups in total. The fourth-order valence-corrected chi connectivity index (χ4v) is 3.52. The van der Waals surface area contributed by atoms with E-state index in [-0.39, 0.29) is 18.2 Å². The molecule has 0 spiro atoms. The molecule has 2 rings (SSSR count). The summed E-state index contributed by atoms with van der Waals surface area (Å²) in [6.45, 7) is 1.73. The number of nitrogens with one attached hydrogen (secondary N) is 1. The molecule has 8 heteroatoms. The molecule has 0 saturated heterocycles. The molecular weight excluding hydrogens is 310 g/mol. The number of hydrogen-bond donors (Lipinski definition) is 2. The van der Waals surface area contributed by atoms with Gasteiger partial charge in [-0.2, -0.15) is 0 Å². The molecule has 0 bridgehead atoms. The van der Waals surface area contributed by atoms with E-state index in [1.165, 1.54) is 17.5 Å². The van der Waals surface area contributed by atoms with E-state index in [0.717, 1.165) is 9.75 Å². The lowest BCUT2D eigenvalue weighted by Crippen LogP contribution is -2.23. The standard InChI is InChI=1S/C13H15N3O3S2/c1-10-15-13(9-16(10)2)21(18,19)14-8-12-6-5-11(20-12)4-3-7-17/h5-6,9,14,17H,7-8H2,1-2H3. The minimum atomic E-state index is -3.62. The Kier molecular flexibility index (Phi) is 4.80. The second kappa shape index (κ2) is 6.41. The second-order valence-corrected chi connectivity index (χ2v) is 7.17. The summed E-state index contributed by atoms with van der Waals surface area (Å²) in [7, 11) is -1.88. The van der Waals surface area contributed by atoms with Gasteiger partial charge in [0.15, 0.2) is 5.03 Å². The molecule has 2 aromatic heterocycles. The molecule has 2 heterocycles. The number of sulfonamides is 1. The van der Waals surface area contributed by atoms with Crippen LogP contribution in [0.3, 0.4) is 0 Å². The summed E-state index contributed by atoms with van der Waals surface area (Å²) < 4.78 is 28.4. The summed E-state index contributed by atoms with van der Waals surface area (Å²) in [4.78, 5) is 5.63. The highest BCUT2D eigenvalue weighted by Crippen LogP contribution is 2.16. The summed E-state index contributed by atoms with van der Waals surface area (Å²) in [5.41, 5.74) is 0. The van der Waals surface area contributed by atoms with Crippen LogP contribution in [0.1, 0.15) is 15.6 Å². The van der Waals surface area contributed by atoms with Crippen LogP contribution < -0.4 is 4.72 Å². The number of nitrogens with zero attached hydrogens (tertiary/aromatic N) is 2. The summed E-state index contributed by atoms with van der Waals surface area (Å²) >= 11 is 1.38. The van der Waals surface area contributed by atoms with Crippen LogP contribution in [0, 0.1) is 18.8 Å². The smallest absolute Gasteiger partial charge is 0.259 e. The molecule has 0 atom stereocenters. The van der Waals surface area contributed by atoms with Crippen LogP contribution in [-0.2, 0) is 23.6 Å². The fraction of sp³-hybridized carbons (Fsp3) is 0.308. The predicted molar refractivity (Wildman–Crippen MR) is 80.3 cm³/mol. The van der Waals surface area contributed by atoms with Crippen molar-refractivity contribution in [2.75, 3.05) is 6.61 Å². The minimum Gasteiger partial charge on any atom is -0.384 e. The van der Waals surface area contributed by atoms with Gasteiger partial charge in [-0.15, -0.1) is 11.3 Å². The average Bonchev–Trinajstić information content (AvgIpc) is 3.02. The highest BCUT2D eigenvalue weighted by atomic mass is 32.2. The highest BCUT2D eigenvalue weighted by Gasteiger charge is 2.18. The lowest BCUT2D eigenvalue weighted by molar-refractivity contribution is 0.350. The maximum atomic E-state index is 12.1. The first kappa shape index (κ1) is 15.7. The van der Waals surface area contributed by atoms with Gasteiger partial charge in [-0.3, -0.25) is 0 Å². The third-order valence-corrected chi connectivity index (χ3v) is 5.02. The quantitative estimate of drug-likeness (QED) is 0.807. The normalized spacial score (nSPS) is 11.2. The average molecular weight is 325 g/mol. The molecule has 112 valence electrons. The molecule has 0 aliphatic heterocycles. The van der Waals surface area contributed by atoms with E-state index in [2.05, 4.69) is 21.5 Å². The fourth-order valence-electron chi connectivity index (χ4n) is 1.56. The Balaban J connectivity index is 2.06. The molecule has 0 fully saturated rings. The van der Waals surface area contributed by atoms with Crippen molar-refractivity contribution in [2.45, 2.75) is 18.5 Å². The van der Waals surface area contributed by atoms with E-state index in [1.54, 1.807) is 30.7 Å². The number of aliphatic hydroxyl groups excluding tert-OH is 1. The summed E-state index contributed by atoms with van der Waals surface area (Å²) in [5.74, 6) is 5.96. The molecule has 0 unspecified atom stereocenters. The number of imidazole rings is 1. The Bertz CT molecular complexity index is 775. The molecule has 2 aromatic rings. The molecule has 0 amide bonds. The molecule has 6 nitrogen and oxygen atoms in total. The highest BCUT2D eigenvalue weighted by molar-refractivity contribution is 7.89. The number of aliphatic hydroxyl groups is 1. The monoisotopic (exact) mass is 325 g/mol. The van der Waals surface area contributed by atoms with Gasteiger partial charge in [-0.25, -0.2) is 18.1 Å². The van der Waals surface area contributed by atoms with Crippen molar-refractivity contribution in [3.8, 4) is 11.8 Å². The Morgan fingerprint density at radius 3 is 2.86 bits per heavy atom. The van der Waals surface area contributed by atoms with Gasteiger partial charge in [0.25, 0.3) is 10.0 Å². The topological polar surface area (TPSA) is 84.2 Å². The third-order valence-electron chi connectivity index (χ3n) is 2.75. The van der Waals surface area contributed by atoms with Gasteiger partial charge in [-0.1, -0.05) is 11.8 Å². The number of aryl methyl sites for hydroxylation is 2. The SMILES string of the molecule is Cc1nc(S(=O)(=O)NCc2ccc(C#CCO)s2)cn1C. The van der Waals surface area contributed by atoms with Gasteiger partial charge in [0.05, 0.1) is 4.88 Å². The molecule has 0 radical (unpaired) electrons. The second-order valence-electron chi connectivity index (χ2n) is 4.29. The van der Waals surface area contributed by atoms with Crippen molar-refractivity contribution in [1.82, 2.24) is 14.3 Å². The zero-order valence-corrected chi connectivity index (χ0v) is 13.3. The van der Waals surface area contributed by atoms with Gasteiger partial charge in [0.1, 0.15) is 12.4 Å². The van der Waals surface area contributed by atoms with Gasteiger partial charge in [0, 0.05) is 24.7 Å². The number of aromatic nitrogens is 2. The van der Waals surface area contributed by atoms with Gasteiger partial charge in [0.2, 0.25) is 0 Å². The minimum absolute atomic E-state index is 0.0133. The van der Waals surface area contributed by atoms with E-state index in [0.29, 0.717) is 5.82 Å². The van der Waals surface area contributed by atoms with Crippen LogP contribution in [0.2, 0.25) is 0 Å². The van der Waals surface area contributed by atoms with Crippen molar-refractivity contribution in [3.05, 3.63) is 33.9 Å². The van der Waals surface area contributed by atoms with E-state index in [1.807, 2.05) is 0 Å². The molecule has 0 saturated carbocycles. The summed E-state index contributed by atoms with van der Waals surface area (Å²) in [5, 5.41) is 8.64. The van der Waals surface area contributed by atoms with Crippen LogP contribution in [0.15, 0.2) is 23.4 Å². The first-order chi connectivity index (χ1) is 9.92. The molecular formula is C13H15N3O3S2. The van der Waals surface area contributed by atoms with E-state index in [9.17, 15) is 8.42 Å². The van der Waals surface area contributed by atoms with Crippen LogP contribution in [0.4, 0.5) is 0 Å². The van der Waals surface area contributed by atoms with Crippen LogP contribution in [0.5, 0.6) is 0 Å². The Morgan fingerprint density at radius 2 is 2.24 bits per heavy atom. The number of thiophene rings is 1. The Morgan fingerprint density at radius 1 is 1.48 bits per heavy atom. The maximum Gasteiger partial charge on any atom is 0.259 e. The molecule has 0 aromatic carbocycles. The van der Waals surface area contributed by atoms with Gasteiger partial charge < -0.3 is 9.67 Å². The first-order valence-corrected chi connectivity index (χ1v) is 8.40. The lowest BCUT2D eigenvalue weighted by Gasteiger charge is -2.01. The van der Waals surface area contributed by atoms with Crippen molar-refractivity contribution >= 4 is 21.4 Å². The molecule has 0 aliphatic rings. The van der Waals surface area contributed by atoms with Gasteiger partial charge in [-0.05, 0) is 19.1 Å². The Labute approximate surface area is 127 Å². The maximum absolute atomic E-state index is 12.1. The zero-order chi connectivity index (χ0) is 15.5. The molecule has 0 aliphatic carbocycles. The van der Waals surface area contributed by atoms with Crippen molar-refractivity contribution in [1.29, 1.82) is 0 Å². The molecule has 21 heavy (non-hydrogen) atoms. The number of rotatable bonds is 4. The van der Waals surface area contributed by atoms with Crippen molar-refractivity contribution in [3.63, 3.8) is 0 Å². The van der Waals surface area contributed by atoms with Crippen LogP contribution >= 0.6 is 11.3 Å². The van der Waals surface area contributed by atoms with Crippen LogP contribution in [0.25, 0.3) is 0 Å². The van der Waals surface area contributed by atoms with Crippen molar-refractivity contribution < 1.29 is 13.5 Å². The summed E-state index contributed by atoms with van der Waals surface area (Å²) in [6.07, 6.45) is 1.48. The first-order valence-electron chi connectivity index (χ1n) is 6.10. The Hall–Kier alpha value is -1.66. The largest absolute Gasteiger partial charge is 0.384 e. The van der Waals surface area contributed by atoms with E-state index >= 15 is 0 Å². The zero-order valence-electron chi connectivity index (χ0n) is 11.6.